The van der Waals surface area contributed by atoms with Gasteiger partial charge in [-0.15, -0.1) is 0 Å². The molecule has 0 spiro atoms. The Bertz CT molecular complexity index is 661. The lowest BCUT2D eigenvalue weighted by Crippen LogP contribution is -2.25. The van der Waals surface area contributed by atoms with Crippen LogP contribution in [0.15, 0.2) is 47.3 Å². The zero-order chi connectivity index (χ0) is 15.6. The fourth-order valence-electron chi connectivity index (χ4n) is 2.46. The summed E-state index contributed by atoms with van der Waals surface area (Å²) in [6.07, 6.45) is 1.86. The molecule has 0 unspecified atom stereocenters. The first kappa shape index (κ1) is 14.8. The van der Waals surface area contributed by atoms with Gasteiger partial charge in [0.25, 0.3) is 5.69 Å². The maximum Gasteiger partial charge on any atom is 0.336 e. The molecule has 2 rings (SSSR count). The molecule has 0 radical (unpaired) electrons. The van der Waals surface area contributed by atoms with Crippen LogP contribution < -0.4 is 5.32 Å². The highest BCUT2D eigenvalue weighted by molar-refractivity contribution is 5.92. The fourth-order valence-corrected chi connectivity index (χ4v) is 2.46. The van der Waals surface area contributed by atoms with E-state index in [9.17, 15) is 14.9 Å². The SMILES string of the molecule is COC(=O)C1=C(C)NC(C)=C[C@@H]1c1cccc([N+](=O)[O-])c1. The molecule has 1 atom stereocenters. The molecule has 0 aliphatic carbocycles. The number of hydrogen-bond donors (Lipinski definition) is 1. The molecule has 0 saturated carbocycles. The summed E-state index contributed by atoms with van der Waals surface area (Å²) < 4.78 is 4.82. The van der Waals surface area contributed by atoms with E-state index in [0.717, 1.165) is 5.70 Å². The summed E-state index contributed by atoms with van der Waals surface area (Å²) in [6, 6.07) is 6.29. The van der Waals surface area contributed by atoms with E-state index in [1.54, 1.807) is 19.1 Å². The molecule has 1 aliphatic heterocycles. The zero-order valence-corrected chi connectivity index (χ0v) is 12.0. The van der Waals surface area contributed by atoms with E-state index in [2.05, 4.69) is 5.32 Å². The minimum atomic E-state index is -0.449. The topological polar surface area (TPSA) is 81.5 Å². The van der Waals surface area contributed by atoms with E-state index in [-0.39, 0.29) is 11.6 Å². The van der Waals surface area contributed by atoms with Gasteiger partial charge in [-0.05, 0) is 19.4 Å². The summed E-state index contributed by atoms with van der Waals surface area (Å²) in [6.45, 7) is 3.66. The van der Waals surface area contributed by atoms with Gasteiger partial charge in [-0.2, -0.15) is 0 Å². The van der Waals surface area contributed by atoms with Gasteiger partial charge in [-0.1, -0.05) is 18.2 Å². The number of nitrogens with one attached hydrogen (secondary N) is 1. The molecule has 1 N–H and O–H groups in total. The van der Waals surface area contributed by atoms with Crippen molar-refractivity contribution in [3.8, 4) is 0 Å². The molecule has 0 fully saturated rings. The molecule has 21 heavy (non-hydrogen) atoms. The lowest BCUT2D eigenvalue weighted by molar-refractivity contribution is -0.384. The van der Waals surface area contributed by atoms with E-state index in [4.69, 9.17) is 4.74 Å². The summed E-state index contributed by atoms with van der Waals surface area (Å²) >= 11 is 0. The van der Waals surface area contributed by atoms with Crippen LogP contribution >= 0.6 is 0 Å². The van der Waals surface area contributed by atoms with Gasteiger partial charge in [0.15, 0.2) is 0 Å². The van der Waals surface area contributed by atoms with E-state index < -0.39 is 10.9 Å². The van der Waals surface area contributed by atoms with Gasteiger partial charge in [-0.25, -0.2) is 4.79 Å². The number of non-ortho nitro benzene ring substituents is 1. The average Bonchev–Trinajstić information content (AvgIpc) is 2.45. The molecule has 6 heteroatoms. The normalized spacial score (nSPS) is 17.9. The van der Waals surface area contributed by atoms with E-state index >= 15 is 0 Å². The number of ether oxygens (including phenoxy) is 1. The Morgan fingerprint density at radius 1 is 1.38 bits per heavy atom. The van der Waals surface area contributed by atoms with E-state index in [0.29, 0.717) is 16.8 Å². The minimum absolute atomic E-state index is 0.000968. The third-order valence-electron chi connectivity index (χ3n) is 3.36. The third-order valence-corrected chi connectivity index (χ3v) is 3.36. The van der Waals surface area contributed by atoms with Crippen molar-refractivity contribution >= 4 is 11.7 Å². The van der Waals surface area contributed by atoms with Crippen LogP contribution in [-0.2, 0) is 9.53 Å². The van der Waals surface area contributed by atoms with Gasteiger partial charge >= 0.3 is 5.97 Å². The molecule has 0 amide bonds. The number of methoxy groups -OCH3 is 1. The molecule has 1 aliphatic rings. The number of esters is 1. The number of dihydropyridines is 1. The van der Waals surface area contributed by atoms with Gasteiger partial charge in [-0.3, -0.25) is 10.1 Å². The maximum absolute atomic E-state index is 12.0. The van der Waals surface area contributed by atoms with E-state index in [1.807, 2.05) is 13.0 Å². The highest BCUT2D eigenvalue weighted by atomic mass is 16.6. The van der Waals surface area contributed by atoms with Gasteiger partial charge in [0.05, 0.1) is 17.6 Å². The predicted octanol–water partition coefficient (Wildman–Crippen LogP) is 2.63. The van der Waals surface area contributed by atoms with Crippen LogP contribution in [0.1, 0.15) is 25.3 Å². The maximum atomic E-state index is 12.0. The van der Waals surface area contributed by atoms with Crippen LogP contribution in [-0.4, -0.2) is 18.0 Å². The Morgan fingerprint density at radius 2 is 2.10 bits per heavy atom. The highest BCUT2D eigenvalue weighted by Gasteiger charge is 2.28. The van der Waals surface area contributed by atoms with Crippen LogP contribution in [0, 0.1) is 10.1 Å². The molecule has 1 aromatic rings. The second-order valence-corrected chi connectivity index (χ2v) is 4.83. The smallest absolute Gasteiger partial charge is 0.336 e. The van der Waals surface area contributed by atoms with Crippen molar-refractivity contribution in [1.29, 1.82) is 0 Å². The van der Waals surface area contributed by atoms with Crippen molar-refractivity contribution in [2.24, 2.45) is 0 Å². The van der Waals surface area contributed by atoms with Gasteiger partial charge < -0.3 is 10.1 Å². The van der Waals surface area contributed by atoms with Crippen molar-refractivity contribution < 1.29 is 14.5 Å². The van der Waals surface area contributed by atoms with Gasteiger partial charge in [0, 0.05) is 29.4 Å². The summed E-state index contributed by atoms with van der Waals surface area (Å²) in [5.41, 5.74) is 2.72. The van der Waals surface area contributed by atoms with E-state index in [1.165, 1.54) is 19.2 Å². The Kier molecular flexibility index (Phi) is 4.07. The van der Waals surface area contributed by atoms with Crippen LogP contribution in [0.5, 0.6) is 0 Å². The van der Waals surface area contributed by atoms with Crippen molar-refractivity contribution in [2.45, 2.75) is 19.8 Å². The zero-order valence-electron chi connectivity index (χ0n) is 12.0. The van der Waals surface area contributed by atoms with Gasteiger partial charge in [0.2, 0.25) is 0 Å². The number of carbonyl (C=O) groups is 1. The van der Waals surface area contributed by atoms with Crippen molar-refractivity contribution in [2.75, 3.05) is 7.11 Å². The summed E-state index contributed by atoms with van der Waals surface area (Å²) in [7, 11) is 1.32. The lowest BCUT2D eigenvalue weighted by Gasteiger charge is -2.25. The monoisotopic (exact) mass is 288 g/mol. The standard InChI is InChI=1S/C15H16N2O4/c1-9-7-13(14(10(2)16-9)15(18)21-3)11-5-4-6-12(8-11)17(19)20/h4-8,13,16H,1-3H3/t13-/m1/s1. The Balaban J connectivity index is 2.52. The summed E-state index contributed by atoms with van der Waals surface area (Å²) in [4.78, 5) is 22.5. The molecule has 0 saturated heterocycles. The molecule has 1 heterocycles. The number of carbonyl (C=O) groups excluding carboxylic acids is 1. The molecule has 6 nitrogen and oxygen atoms in total. The Morgan fingerprint density at radius 3 is 2.71 bits per heavy atom. The number of hydrogen-bond acceptors (Lipinski definition) is 5. The summed E-state index contributed by atoms with van der Waals surface area (Å²) in [5.74, 6) is -0.807. The third kappa shape index (κ3) is 2.94. The first-order valence-electron chi connectivity index (χ1n) is 6.43. The second kappa shape index (κ2) is 5.78. The molecular weight excluding hydrogens is 272 g/mol. The second-order valence-electron chi connectivity index (χ2n) is 4.83. The fraction of sp³-hybridized carbons (Fsp3) is 0.267. The first-order valence-corrected chi connectivity index (χ1v) is 6.43. The first-order chi connectivity index (χ1) is 9.93. The molecule has 0 bridgehead atoms. The molecular formula is C15H16N2O4. The molecule has 0 aromatic heterocycles. The van der Waals surface area contributed by atoms with Crippen molar-refractivity contribution in [1.82, 2.24) is 5.32 Å². The molecule has 110 valence electrons. The van der Waals surface area contributed by atoms with Crippen molar-refractivity contribution in [3.05, 3.63) is 63.0 Å². The predicted molar refractivity (Wildman–Crippen MR) is 77.4 cm³/mol. The average molecular weight is 288 g/mol. The van der Waals surface area contributed by atoms with Gasteiger partial charge in [0.1, 0.15) is 0 Å². The highest BCUT2D eigenvalue weighted by Crippen LogP contribution is 2.33. The summed E-state index contributed by atoms with van der Waals surface area (Å²) in [5, 5.41) is 14.0. The Labute approximate surface area is 122 Å². The van der Waals surface area contributed by atoms with Crippen LogP contribution in [0.4, 0.5) is 5.69 Å². The number of nitro benzene ring substituents is 1. The number of allylic oxidation sites excluding steroid dienone is 3. The minimum Gasteiger partial charge on any atom is -0.466 e. The van der Waals surface area contributed by atoms with Crippen molar-refractivity contribution in [3.63, 3.8) is 0 Å². The van der Waals surface area contributed by atoms with Crippen LogP contribution in [0.2, 0.25) is 0 Å². The Hall–Kier alpha value is -2.63. The largest absolute Gasteiger partial charge is 0.466 e. The quantitative estimate of drug-likeness (QED) is 0.525. The number of nitro groups is 1. The number of rotatable bonds is 3. The lowest BCUT2D eigenvalue weighted by atomic mass is 9.86. The van der Waals surface area contributed by atoms with Crippen LogP contribution in [0.3, 0.4) is 0 Å². The number of nitrogens with zero attached hydrogens (tertiary/aromatic N) is 1. The number of benzene rings is 1. The molecule has 1 aromatic carbocycles. The van der Waals surface area contributed by atoms with Crippen LogP contribution in [0.25, 0.3) is 0 Å².